The van der Waals surface area contributed by atoms with Crippen LogP contribution in [0.15, 0.2) is 24.3 Å². The number of carbonyl (C=O) groups is 2. The summed E-state index contributed by atoms with van der Waals surface area (Å²) in [6.07, 6.45) is 2.67. The van der Waals surface area contributed by atoms with E-state index >= 15 is 0 Å². The number of benzene rings is 1. The number of amides is 1. The highest BCUT2D eigenvalue weighted by Crippen LogP contribution is 2.21. The highest BCUT2D eigenvalue weighted by atomic mass is 16.5. The van der Waals surface area contributed by atoms with E-state index in [4.69, 9.17) is 4.74 Å². The molecular weight excluding hydrogens is 242 g/mol. The molecule has 102 valence electrons. The zero-order valence-electron chi connectivity index (χ0n) is 11.2. The predicted molar refractivity (Wildman–Crippen MR) is 73.0 cm³/mol. The van der Waals surface area contributed by atoms with Crippen molar-refractivity contribution in [2.45, 2.75) is 32.6 Å². The molecule has 0 unspecified atom stereocenters. The summed E-state index contributed by atoms with van der Waals surface area (Å²) in [6, 6.07) is 7.56. The predicted octanol–water partition coefficient (Wildman–Crippen LogP) is 2.31. The van der Waals surface area contributed by atoms with Crippen molar-refractivity contribution in [1.82, 2.24) is 0 Å². The number of esters is 1. The fraction of sp³-hybridized carbons (Fsp3) is 0.467. The van der Waals surface area contributed by atoms with Crippen LogP contribution in [-0.4, -0.2) is 25.0 Å². The number of anilines is 1. The molecule has 2 rings (SSSR count). The van der Waals surface area contributed by atoms with Crippen LogP contribution >= 0.6 is 0 Å². The van der Waals surface area contributed by atoms with Gasteiger partial charge >= 0.3 is 5.97 Å². The largest absolute Gasteiger partial charge is 0.465 e. The average molecular weight is 261 g/mol. The van der Waals surface area contributed by atoms with Crippen LogP contribution in [0, 0.1) is 0 Å². The summed E-state index contributed by atoms with van der Waals surface area (Å²) in [7, 11) is 0. The maximum absolute atomic E-state index is 11.6. The molecule has 1 aliphatic rings. The third-order valence-corrected chi connectivity index (χ3v) is 3.14. The molecule has 1 heterocycles. The molecule has 1 aliphatic heterocycles. The molecule has 0 aliphatic carbocycles. The first-order valence-corrected chi connectivity index (χ1v) is 6.75. The van der Waals surface area contributed by atoms with Crippen molar-refractivity contribution in [3.8, 4) is 0 Å². The van der Waals surface area contributed by atoms with E-state index in [2.05, 4.69) is 0 Å². The summed E-state index contributed by atoms with van der Waals surface area (Å²) in [4.78, 5) is 24.9. The van der Waals surface area contributed by atoms with Crippen molar-refractivity contribution in [2.24, 2.45) is 0 Å². The molecule has 1 aromatic rings. The normalized spacial score (nSPS) is 14.8. The van der Waals surface area contributed by atoms with E-state index in [1.165, 1.54) is 0 Å². The molecule has 0 N–H and O–H groups in total. The van der Waals surface area contributed by atoms with Crippen molar-refractivity contribution in [2.75, 3.05) is 18.1 Å². The number of hydrogen-bond acceptors (Lipinski definition) is 3. The Balaban J connectivity index is 1.94. The molecule has 1 saturated heterocycles. The van der Waals surface area contributed by atoms with Crippen molar-refractivity contribution < 1.29 is 14.3 Å². The van der Waals surface area contributed by atoms with Crippen molar-refractivity contribution in [3.05, 3.63) is 29.8 Å². The van der Waals surface area contributed by atoms with E-state index in [0.717, 1.165) is 30.6 Å². The van der Waals surface area contributed by atoms with Gasteiger partial charge in [0.1, 0.15) is 0 Å². The van der Waals surface area contributed by atoms with E-state index < -0.39 is 0 Å². The Morgan fingerprint density at radius 2 is 2.05 bits per heavy atom. The monoisotopic (exact) mass is 261 g/mol. The minimum atomic E-state index is -0.202. The third kappa shape index (κ3) is 3.56. The molecule has 0 spiro atoms. The second-order valence-corrected chi connectivity index (χ2v) is 4.71. The van der Waals surface area contributed by atoms with E-state index in [1.54, 1.807) is 4.90 Å². The van der Waals surface area contributed by atoms with E-state index in [-0.39, 0.29) is 18.3 Å². The molecule has 0 aromatic heterocycles. The van der Waals surface area contributed by atoms with Crippen molar-refractivity contribution in [1.29, 1.82) is 0 Å². The van der Waals surface area contributed by atoms with Crippen molar-refractivity contribution in [3.63, 3.8) is 0 Å². The maximum atomic E-state index is 11.6. The smallest absolute Gasteiger partial charge is 0.310 e. The number of carbonyl (C=O) groups excluding carboxylic acids is 2. The van der Waals surface area contributed by atoms with E-state index in [0.29, 0.717) is 13.0 Å². The summed E-state index contributed by atoms with van der Waals surface area (Å²) in [6.45, 7) is 3.23. The first-order valence-electron chi connectivity index (χ1n) is 6.75. The number of nitrogens with zero attached hydrogens (tertiary/aromatic N) is 1. The Labute approximate surface area is 113 Å². The van der Waals surface area contributed by atoms with Crippen LogP contribution in [-0.2, 0) is 20.7 Å². The molecule has 1 aromatic carbocycles. The molecular formula is C15H19NO3. The standard InChI is InChI=1S/C15H19NO3/c1-2-10-19-15(18)11-12-5-7-13(8-6-12)16-9-3-4-14(16)17/h5-8H,2-4,9-11H2,1H3. The second kappa shape index (κ2) is 6.36. The molecule has 0 radical (unpaired) electrons. The minimum Gasteiger partial charge on any atom is -0.465 e. The number of hydrogen-bond donors (Lipinski definition) is 0. The van der Waals surface area contributed by atoms with Crippen LogP contribution in [0.25, 0.3) is 0 Å². The molecule has 0 saturated carbocycles. The van der Waals surface area contributed by atoms with Crippen molar-refractivity contribution >= 4 is 17.6 Å². The van der Waals surface area contributed by atoms with Gasteiger partial charge in [-0.25, -0.2) is 0 Å². The second-order valence-electron chi connectivity index (χ2n) is 4.71. The number of rotatable bonds is 5. The maximum Gasteiger partial charge on any atom is 0.310 e. The summed E-state index contributed by atoms with van der Waals surface area (Å²) < 4.78 is 5.04. The van der Waals surface area contributed by atoms with E-state index in [9.17, 15) is 9.59 Å². The van der Waals surface area contributed by atoms with E-state index in [1.807, 2.05) is 31.2 Å². The zero-order chi connectivity index (χ0) is 13.7. The molecule has 1 fully saturated rings. The Morgan fingerprint density at radius 1 is 1.32 bits per heavy atom. The summed E-state index contributed by atoms with van der Waals surface area (Å²) in [5.41, 5.74) is 1.82. The summed E-state index contributed by atoms with van der Waals surface area (Å²) in [5.74, 6) is -0.0260. The average Bonchev–Trinajstić information content (AvgIpc) is 2.83. The highest BCUT2D eigenvalue weighted by molar-refractivity contribution is 5.95. The van der Waals surface area contributed by atoms with Gasteiger partial charge in [0.05, 0.1) is 13.0 Å². The lowest BCUT2D eigenvalue weighted by Crippen LogP contribution is -2.23. The molecule has 0 bridgehead atoms. The lowest BCUT2D eigenvalue weighted by Gasteiger charge is -2.15. The Kier molecular flexibility index (Phi) is 4.55. The van der Waals surface area contributed by atoms with Gasteiger partial charge in [-0.15, -0.1) is 0 Å². The fourth-order valence-corrected chi connectivity index (χ4v) is 2.15. The van der Waals surface area contributed by atoms with Gasteiger partial charge in [-0.3, -0.25) is 9.59 Å². The van der Waals surface area contributed by atoms with Gasteiger partial charge < -0.3 is 9.64 Å². The lowest BCUT2D eigenvalue weighted by molar-refractivity contribution is -0.142. The van der Waals surface area contributed by atoms with Gasteiger partial charge in [0.2, 0.25) is 5.91 Å². The Bertz CT molecular complexity index is 453. The van der Waals surface area contributed by atoms with Crippen LogP contribution < -0.4 is 4.90 Å². The molecule has 0 atom stereocenters. The van der Waals surface area contributed by atoms with Gasteiger partial charge in [-0.2, -0.15) is 0 Å². The number of ether oxygens (including phenoxy) is 1. The molecule has 1 amide bonds. The van der Waals surface area contributed by atoms with Crippen LogP contribution in [0.3, 0.4) is 0 Å². The SMILES string of the molecule is CCCOC(=O)Cc1ccc(N2CCCC2=O)cc1. The van der Waals surface area contributed by atoms with Crippen LogP contribution in [0.1, 0.15) is 31.7 Å². The highest BCUT2D eigenvalue weighted by Gasteiger charge is 2.21. The first-order chi connectivity index (χ1) is 9.20. The third-order valence-electron chi connectivity index (χ3n) is 3.14. The first kappa shape index (κ1) is 13.6. The van der Waals surface area contributed by atoms with Crippen LogP contribution in [0.4, 0.5) is 5.69 Å². The Morgan fingerprint density at radius 3 is 2.63 bits per heavy atom. The van der Waals surface area contributed by atoms with Crippen LogP contribution in [0.2, 0.25) is 0 Å². The molecule has 4 heteroatoms. The minimum absolute atomic E-state index is 0.176. The van der Waals surface area contributed by atoms with Crippen LogP contribution in [0.5, 0.6) is 0 Å². The van der Waals surface area contributed by atoms with Gasteiger partial charge in [0.15, 0.2) is 0 Å². The molecule has 4 nitrogen and oxygen atoms in total. The topological polar surface area (TPSA) is 46.6 Å². The zero-order valence-corrected chi connectivity index (χ0v) is 11.2. The summed E-state index contributed by atoms with van der Waals surface area (Å²) in [5, 5.41) is 0. The fourth-order valence-electron chi connectivity index (χ4n) is 2.15. The van der Waals surface area contributed by atoms with Gasteiger partial charge in [0, 0.05) is 18.7 Å². The quantitative estimate of drug-likeness (QED) is 0.764. The summed E-state index contributed by atoms with van der Waals surface area (Å²) >= 11 is 0. The lowest BCUT2D eigenvalue weighted by atomic mass is 10.1. The molecule has 19 heavy (non-hydrogen) atoms. The van der Waals surface area contributed by atoms with Gasteiger partial charge in [-0.05, 0) is 30.5 Å². The van der Waals surface area contributed by atoms with Gasteiger partial charge in [-0.1, -0.05) is 19.1 Å². The Hall–Kier alpha value is -1.84. The van der Waals surface area contributed by atoms with Gasteiger partial charge in [0.25, 0.3) is 0 Å².